The number of Topliss-reactive ketones (excluding diaryl/α,β-unsaturated/α-hetero) is 1. The number of amides is 2. The van der Waals surface area contributed by atoms with E-state index in [0.717, 1.165) is 57.5 Å². The molecule has 3 aliphatic heterocycles. The second-order valence-corrected chi connectivity index (χ2v) is 11.1. The Hall–Kier alpha value is -3.14. The van der Waals surface area contributed by atoms with Gasteiger partial charge in [-0.2, -0.15) is 0 Å². The van der Waals surface area contributed by atoms with Gasteiger partial charge in [-0.3, -0.25) is 19.3 Å². The SMILES string of the molecule is CC(C)N1CCN(c2ccc(C(=O)N[C@H](C(=O)N3C[C@H](N=[N+]=[N-])[C@H]4OCC(=O)[C@H]43)C3CCCC3)cc2)CC1. The number of anilines is 1. The van der Waals surface area contributed by atoms with Gasteiger partial charge in [0.05, 0.1) is 12.1 Å². The summed E-state index contributed by atoms with van der Waals surface area (Å²) in [4.78, 5) is 48.9. The minimum absolute atomic E-state index is 0.00244. The van der Waals surface area contributed by atoms with E-state index in [1.165, 1.54) is 4.90 Å². The highest BCUT2D eigenvalue weighted by Crippen LogP contribution is 2.34. The van der Waals surface area contributed by atoms with Crippen molar-refractivity contribution in [1.29, 1.82) is 0 Å². The van der Waals surface area contributed by atoms with Crippen molar-refractivity contribution in [2.24, 2.45) is 11.0 Å². The molecule has 4 atom stereocenters. The zero-order valence-corrected chi connectivity index (χ0v) is 22.2. The maximum atomic E-state index is 13.8. The molecule has 38 heavy (non-hydrogen) atoms. The van der Waals surface area contributed by atoms with Gasteiger partial charge in [-0.05, 0) is 62.4 Å². The summed E-state index contributed by atoms with van der Waals surface area (Å²) < 4.78 is 5.57. The van der Waals surface area contributed by atoms with E-state index in [2.05, 4.69) is 39.0 Å². The number of piperazine rings is 1. The lowest BCUT2D eigenvalue weighted by molar-refractivity contribution is -0.139. The van der Waals surface area contributed by atoms with Crippen LogP contribution in [0.15, 0.2) is 29.4 Å². The molecule has 1 N–H and O–H groups in total. The molecular weight excluding hydrogens is 486 g/mol. The number of hydrogen-bond acceptors (Lipinski definition) is 7. The number of nitrogens with zero attached hydrogens (tertiary/aromatic N) is 6. The number of ether oxygens (including phenoxy) is 1. The van der Waals surface area contributed by atoms with Gasteiger partial charge in [0.25, 0.3) is 5.91 Å². The Bertz CT molecular complexity index is 1090. The van der Waals surface area contributed by atoms with E-state index in [1.807, 2.05) is 24.3 Å². The number of rotatable bonds is 7. The third-order valence-corrected chi connectivity index (χ3v) is 8.60. The van der Waals surface area contributed by atoms with Crippen molar-refractivity contribution in [2.45, 2.75) is 69.8 Å². The predicted molar refractivity (Wildman–Crippen MR) is 142 cm³/mol. The van der Waals surface area contributed by atoms with Gasteiger partial charge >= 0.3 is 0 Å². The van der Waals surface area contributed by atoms with Crippen LogP contribution in [0.1, 0.15) is 49.9 Å². The summed E-state index contributed by atoms with van der Waals surface area (Å²) in [6.45, 7) is 8.35. The van der Waals surface area contributed by atoms with Gasteiger partial charge in [0.15, 0.2) is 5.78 Å². The maximum Gasteiger partial charge on any atom is 0.251 e. The number of ketones is 1. The molecule has 1 aliphatic carbocycles. The number of benzene rings is 1. The van der Waals surface area contributed by atoms with Crippen LogP contribution in [0.4, 0.5) is 5.69 Å². The van der Waals surface area contributed by atoms with Crippen LogP contribution in [0.5, 0.6) is 0 Å². The van der Waals surface area contributed by atoms with Crippen LogP contribution in [0, 0.1) is 5.92 Å². The number of nitrogens with one attached hydrogen (secondary N) is 1. The average Bonchev–Trinajstić information content (AvgIpc) is 3.67. The van der Waals surface area contributed by atoms with Crippen molar-refractivity contribution in [3.63, 3.8) is 0 Å². The number of fused-ring (bicyclic) bond motifs is 1. The lowest BCUT2D eigenvalue weighted by Crippen LogP contribution is -2.54. The van der Waals surface area contributed by atoms with Crippen LogP contribution in [0.25, 0.3) is 10.4 Å². The lowest BCUT2D eigenvalue weighted by Gasteiger charge is -2.38. The van der Waals surface area contributed by atoms with Crippen LogP contribution in [0.3, 0.4) is 0 Å². The van der Waals surface area contributed by atoms with Crippen molar-refractivity contribution in [1.82, 2.24) is 15.1 Å². The highest BCUT2D eigenvalue weighted by molar-refractivity contribution is 5.99. The summed E-state index contributed by atoms with van der Waals surface area (Å²) in [5, 5.41) is 6.78. The van der Waals surface area contributed by atoms with Crippen LogP contribution < -0.4 is 10.2 Å². The molecular formula is C27H37N7O4. The Balaban J connectivity index is 1.29. The van der Waals surface area contributed by atoms with Gasteiger partial charge < -0.3 is 19.9 Å². The van der Waals surface area contributed by atoms with E-state index in [-0.39, 0.29) is 36.7 Å². The van der Waals surface area contributed by atoms with E-state index >= 15 is 0 Å². The zero-order valence-electron chi connectivity index (χ0n) is 22.2. The van der Waals surface area contributed by atoms with E-state index in [1.54, 1.807) is 0 Å². The Morgan fingerprint density at radius 2 is 1.79 bits per heavy atom. The maximum absolute atomic E-state index is 13.8. The number of carbonyl (C=O) groups is 3. The summed E-state index contributed by atoms with van der Waals surface area (Å²) >= 11 is 0. The number of hydrogen-bond donors (Lipinski definition) is 1. The van der Waals surface area contributed by atoms with Crippen LogP contribution in [-0.4, -0.2) is 97.0 Å². The second kappa shape index (κ2) is 11.3. The Morgan fingerprint density at radius 3 is 2.42 bits per heavy atom. The van der Waals surface area contributed by atoms with Crippen molar-refractivity contribution in [2.75, 3.05) is 44.2 Å². The quantitative estimate of drug-likeness (QED) is 0.332. The van der Waals surface area contributed by atoms with Crippen LogP contribution >= 0.6 is 0 Å². The molecule has 0 aromatic heterocycles. The van der Waals surface area contributed by atoms with Gasteiger partial charge in [0, 0.05) is 54.9 Å². The minimum atomic E-state index is -0.769. The van der Waals surface area contributed by atoms with E-state index in [9.17, 15) is 14.4 Å². The first-order chi connectivity index (χ1) is 18.4. The van der Waals surface area contributed by atoms with E-state index < -0.39 is 24.2 Å². The fraction of sp³-hybridized carbons (Fsp3) is 0.667. The molecule has 1 aromatic carbocycles. The lowest BCUT2D eigenvalue weighted by atomic mass is 9.95. The smallest absolute Gasteiger partial charge is 0.251 e. The van der Waals surface area contributed by atoms with Crippen molar-refractivity contribution in [3.8, 4) is 0 Å². The molecule has 5 rings (SSSR count). The van der Waals surface area contributed by atoms with Crippen molar-refractivity contribution >= 4 is 23.3 Å². The molecule has 0 bridgehead atoms. The van der Waals surface area contributed by atoms with Crippen molar-refractivity contribution < 1.29 is 19.1 Å². The van der Waals surface area contributed by atoms with Crippen molar-refractivity contribution in [3.05, 3.63) is 40.3 Å². The van der Waals surface area contributed by atoms with Gasteiger partial charge in [-0.1, -0.05) is 18.0 Å². The number of likely N-dealkylation sites (tertiary alicyclic amines) is 1. The zero-order chi connectivity index (χ0) is 26.8. The molecule has 1 saturated carbocycles. The molecule has 4 aliphatic rings. The van der Waals surface area contributed by atoms with E-state index in [0.29, 0.717) is 11.6 Å². The molecule has 4 fully saturated rings. The highest BCUT2D eigenvalue weighted by atomic mass is 16.5. The predicted octanol–water partition coefficient (Wildman–Crippen LogP) is 2.36. The molecule has 0 spiro atoms. The largest absolute Gasteiger partial charge is 0.369 e. The summed E-state index contributed by atoms with van der Waals surface area (Å²) in [7, 11) is 0. The van der Waals surface area contributed by atoms with Crippen LogP contribution in [-0.2, 0) is 14.3 Å². The molecule has 0 unspecified atom stereocenters. The normalized spacial score (nSPS) is 26.9. The monoisotopic (exact) mass is 523 g/mol. The molecule has 3 saturated heterocycles. The molecule has 11 nitrogen and oxygen atoms in total. The number of carbonyl (C=O) groups excluding carboxylic acids is 3. The molecule has 11 heteroatoms. The van der Waals surface area contributed by atoms with E-state index in [4.69, 9.17) is 10.3 Å². The molecule has 204 valence electrons. The third kappa shape index (κ3) is 5.23. The average molecular weight is 524 g/mol. The highest BCUT2D eigenvalue weighted by Gasteiger charge is 2.53. The third-order valence-electron chi connectivity index (χ3n) is 8.60. The fourth-order valence-corrected chi connectivity index (χ4v) is 6.42. The van der Waals surface area contributed by atoms with Gasteiger partial charge in [0.2, 0.25) is 5.91 Å². The summed E-state index contributed by atoms with van der Waals surface area (Å²) in [5.74, 6) is -0.796. The minimum Gasteiger partial charge on any atom is -0.369 e. The standard InChI is InChI=1S/C27H37N7O4/c1-17(2)32-11-13-33(14-12-32)20-9-7-19(8-10-20)26(36)29-23(18-5-3-4-6-18)27(37)34-15-21(30-31-28)25-24(34)22(35)16-38-25/h7-10,17-18,21,23-25H,3-6,11-16H2,1-2H3,(H,29,36)/t21-,23-,24+,25+/m0/s1. The van der Waals surface area contributed by atoms with Gasteiger partial charge in [-0.15, -0.1) is 0 Å². The summed E-state index contributed by atoms with van der Waals surface area (Å²) in [5.41, 5.74) is 10.5. The van der Waals surface area contributed by atoms with Crippen LogP contribution in [0.2, 0.25) is 0 Å². The number of azide groups is 1. The first kappa shape index (κ1) is 26.5. The Morgan fingerprint density at radius 1 is 1.11 bits per heavy atom. The fourth-order valence-electron chi connectivity index (χ4n) is 6.42. The molecule has 3 heterocycles. The summed E-state index contributed by atoms with van der Waals surface area (Å²) in [6, 6.07) is 5.97. The van der Waals surface area contributed by atoms with Gasteiger partial charge in [-0.25, -0.2) is 0 Å². The molecule has 2 amide bonds. The molecule has 1 aromatic rings. The first-order valence-electron chi connectivity index (χ1n) is 13.8. The first-order valence-corrected chi connectivity index (χ1v) is 13.8. The Kier molecular flexibility index (Phi) is 7.88. The summed E-state index contributed by atoms with van der Waals surface area (Å²) in [6.07, 6.45) is 3.04. The second-order valence-electron chi connectivity index (χ2n) is 11.1. The van der Waals surface area contributed by atoms with Gasteiger partial charge in [0.1, 0.15) is 18.7 Å². The molecule has 0 radical (unpaired) electrons. The topological polar surface area (TPSA) is 131 Å². The Labute approximate surface area is 223 Å².